The van der Waals surface area contributed by atoms with Crippen molar-refractivity contribution < 1.29 is 14.0 Å². The molecule has 0 bridgehead atoms. The second-order valence-electron chi connectivity index (χ2n) is 6.23. The van der Waals surface area contributed by atoms with Crippen LogP contribution in [0.25, 0.3) is 0 Å². The molecule has 0 heterocycles. The zero-order valence-electron chi connectivity index (χ0n) is 13.9. The number of nitrogens with two attached hydrogens (primary N) is 1. The number of benzene rings is 1. The second kappa shape index (κ2) is 9.12. The molecule has 23 heavy (non-hydrogen) atoms. The van der Waals surface area contributed by atoms with E-state index < -0.39 is 17.9 Å². The lowest BCUT2D eigenvalue weighted by molar-refractivity contribution is -0.122. The largest absolute Gasteiger partial charge is 0.354 e. The van der Waals surface area contributed by atoms with E-state index in [4.69, 9.17) is 5.73 Å². The fourth-order valence-electron chi connectivity index (χ4n) is 2.34. The van der Waals surface area contributed by atoms with Gasteiger partial charge in [-0.2, -0.15) is 0 Å². The van der Waals surface area contributed by atoms with Crippen LogP contribution < -0.4 is 16.4 Å². The van der Waals surface area contributed by atoms with Crippen LogP contribution in [0.1, 0.15) is 51.6 Å². The van der Waals surface area contributed by atoms with E-state index in [1.807, 2.05) is 6.92 Å². The van der Waals surface area contributed by atoms with Crippen molar-refractivity contribution >= 4 is 11.9 Å². The van der Waals surface area contributed by atoms with Crippen LogP contribution in [-0.2, 0) is 4.79 Å². The fraction of sp³-hybridized carbons (Fsp3) is 0.529. The Morgan fingerprint density at radius 2 is 1.78 bits per heavy atom. The van der Waals surface area contributed by atoms with Gasteiger partial charge in [-0.1, -0.05) is 32.0 Å². The maximum absolute atomic E-state index is 13.9. The van der Waals surface area contributed by atoms with Crippen LogP contribution in [0.5, 0.6) is 0 Å². The van der Waals surface area contributed by atoms with Crippen LogP contribution >= 0.6 is 0 Å². The number of primary amides is 1. The lowest BCUT2D eigenvalue weighted by Gasteiger charge is -2.20. The summed E-state index contributed by atoms with van der Waals surface area (Å²) in [6.45, 7) is 6.18. The van der Waals surface area contributed by atoms with E-state index in [1.54, 1.807) is 12.1 Å². The first-order valence-corrected chi connectivity index (χ1v) is 7.89. The molecule has 6 heteroatoms. The van der Waals surface area contributed by atoms with E-state index in [1.165, 1.54) is 12.1 Å². The van der Waals surface area contributed by atoms with E-state index in [0.29, 0.717) is 5.92 Å². The molecule has 3 amide bonds. The van der Waals surface area contributed by atoms with Crippen molar-refractivity contribution in [1.29, 1.82) is 0 Å². The predicted molar refractivity (Wildman–Crippen MR) is 88.2 cm³/mol. The second-order valence-corrected chi connectivity index (χ2v) is 6.23. The summed E-state index contributed by atoms with van der Waals surface area (Å²) in [4.78, 5) is 23.3. The molecule has 5 nitrogen and oxygen atoms in total. The van der Waals surface area contributed by atoms with Gasteiger partial charge in [-0.25, -0.2) is 9.18 Å². The van der Waals surface area contributed by atoms with E-state index in [0.717, 1.165) is 12.8 Å². The van der Waals surface area contributed by atoms with Gasteiger partial charge in [-0.3, -0.25) is 4.79 Å². The molecule has 0 fully saturated rings. The third-order valence-corrected chi connectivity index (χ3v) is 3.57. The zero-order valence-corrected chi connectivity index (χ0v) is 13.9. The Bertz CT molecular complexity index is 534. The number of amides is 3. The number of hydrogen-bond acceptors (Lipinski definition) is 2. The summed E-state index contributed by atoms with van der Waals surface area (Å²) in [6, 6.07) is 4.47. The highest BCUT2D eigenvalue weighted by Crippen LogP contribution is 2.20. The highest BCUT2D eigenvalue weighted by Gasteiger charge is 2.21. The van der Waals surface area contributed by atoms with Gasteiger partial charge in [0, 0.05) is 11.6 Å². The van der Waals surface area contributed by atoms with Crippen molar-refractivity contribution in [3.63, 3.8) is 0 Å². The first-order chi connectivity index (χ1) is 10.8. The average Bonchev–Trinajstić information content (AvgIpc) is 2.44. The maximum Gasteiger partial charge on any atom is 0.312 e. The summed E-state index contributed by atoms with van der Waals surface area (Å²) >= 11 is 0. The van der Waals surface area contributed by atoms with Crippen molar-refractivity contribution in [2.24, 2.45) is 11.7 Å². The van der Waals surface area contributed by atoms with E-state index in [9.17, 15) is 14.0 Å². The Balaban J connectivity index is 2.69. The molecule has 4 N–H and O–H groups in total. The lowest BCUT2D eigenvalue weighted by atomic mass is 10.0. The molecule has 0 spiro atoms. The Labute approximate surface area is 136 Å². The molecule has 0 saturated carbocycles. The lowest BCUT2D eigenvalue weighted by Crippen LogP contribution is -2.39. The summed E-state index contributed by atoms with van der Waals surface area (Å²) in [5.41, 5.74) is 5.38. The van der Waals surface area contributed by atoms with E-state index in [2.05, 4.69) is 24.5 Å². The SMILES string of the molecule is CC(C)CCC(C)NC(=O)CC(NC(N)=O)c1ccccc1F. The van der Waals surface area contributed by atoms with Gasteiger partial charge in [0.2, 0.25) is 5.91 Å². The molecular formula is C17H26FN3O2. The highest BCUT2D eigenvalue weighted by molar-refractivity contribution is 5.79. The molecule has 128 valence electrons. The Morgan fingerprint density at radius 3 is 2.35 bits per heavy atom. The van der Waals surface area contributed by atoms with Gasteiger partial charge in [-0.05, 0) is 31.7 Å². The van der Waals surface area contributed by atoms with Gasteiger partial charge in [0.1, 0.15) is 5.82 Å². The Hall–Kier alpha value is -2.11. The number of nitrogens with one attached hydrogen (secondary N) is 2. The van der Waals surface area contributed by atoms with Crippen LogP contribution in [0.15, 0.2) is 24.3 Å². The van der Waals surface area contributed by atoms with Gasteiger partial charge in [0.05, 0.1) is 12.5 Å². The summed E-state index contributed by atoms with van der Waals surface area (Å²) in [7, 11) is 0. The quantitative estimate of drug-likeness (QED) is 0.687. The number of carbonyl (C=O) groups is 2. The molecule has 0 saturated heterocycles. The van der Waals surface area contributed by atoms with Crippen LogP contribution in [0, 0.1) is 11.7 Å². The van der Waals surface area contributed by atoms with Crippen molar-refractivity contribution in [1.82, 2.24) is 10.6 Å². The smallest absolute Gasteiger partial charge is 0.312 e. The topological polar surface area (TPSA) is 84.2 Å². The maximum atomic E-state index is 13.9. The van der Waals surface area contributed by atoms with Crippen LogP contribution in [0.2, 0.25) is 0 Å². The first kappa shape index (κ1) is 18.9. The third-order valence-electron chi connectivity index (χ3n) is 3.57. The minimum atomic E-state index is -0.793. The summed E-state index contributed by atoms with van der Waals surface area (Å²) in [6.07, 6.45) is 1.82. The monoisotopic (exact) mass is 323 g/mol. The van der Waals surface area contributed by atoms with Crippen molar-refractivity contribution in [3.05, 3.63) is 35.6 Å². The molecule has 0 aliphatic rings. The molecule has 0 aliphatic carbocycles. The predicted octanol–water partition coefficient (Wildman–Crippen LogP) is 2.87. The molecule has 0 radical (unpaired) electrons. The summed E-state index contributed by atoms with van der Waals surface area (Å²) < 4.78 is 13.9. The number of carbonyl (C=O) groups excluding carboxylic acids is 2. The summed E-state index contributed by atoms with van der Waals surface area (Å²) in [5.74, 6) is -0.160. The van der Waals surface area contributed by atoms with Crippen LogP contribution in [0.3, 0.4) is 0 Å². The standard InChI is InChI=1S/C17H26FN3O2/c1-11(2)8-9-12(3)20-16(22)10-15(21-17(19)23)13-6-4-5-7-14(13)18/h4-7,11-12,15H,8-10H2,1-3H3,(H,20,22)(H3,19,21,23). The normalized spacial score (nSPS) is 13.4. The van der Waals surface area contributed by atoms with Crippen molar-refractivity contribution in [3.8, 4) is 0 Å². The molecule has 2 unspecified atom stereocenters. The molecule has 1 rings (SSSR count). The molecule has 0 aliphatic heterocycles. The van der Waals surface area contributed by atoms with Gasteiger partial charge in [0.25, 0.3) is 0 Å². The summed E-state index contributed by atoms with van der Waals surface area (Å²) in [5, 5.41) is 5.30. The molecule has 1 aromatic rings. The van der Waals surface area contributed by atoms with Crippen molar-refractivity contribution in [2.45, 2.75) is 52.1 Å². The number of hydrogen-bond donors (Lipinski definition) is 3. The van der Waals surface area contributed by atoms with Crippen molar-refractivity contribution in [2.75, 3.05) is 0 Å². The van der Waals surface area contributed by atoms with E-state index in [-0.39, 0.29) is 23.9 Å². The minimum absolute atomic E-state index is 0.0275. The molecule has 0 aromatic heterocycles. The minimum Gasteiger partial charge on any atom is -0.354 e. The number of urea groups is 1. The Kier molecular flexibility index (Phi) is 7.51. The van der Waals surface area contributed by atoms with Gasteiger partial charge in [0.15, 0.2) is 0 Å². The van der Waals surface area contributed by atoms with Crippen LogP contribution in [0.4, 0.5) is 9.18 Å². The third kappa shape index (κ3) is 7.13. The first-order valence-electron chi connectivity index (χ1n) is 7.89. The molecule has 2 atom stereocenters. The molecule has 1 aromatic carbocycles. The Morgan fingerprint density at radius 1 is 1.13 bits per heavy atom. The zero-order chi connectivity index (χ0) is 17.4. The average molecular weight is 323 g/mol. The highest BCUT2D eigenvalue weighted by atomic mass is 19.1. The van der Waals surface area contributed by atoms with Crippen LogP contribution in [-0.4, -0.2) is 18.0 Å². The number of rotatable bonds is 8. The molecular weight excluding hydrogens is 297 g/mol. The van der Waals surface area contributed by atoms with Gasteiger partial charge in [-0.15, -0.1) is 0 Å². The fourth-order valence-corrected chi connectivity index (χ4v) is 2.34. The number of halogens is 1. The van der Waals surface area contributed by atoms with Gasteiger partial charge < -0.3 is 16.4 Å². The van der Waals surface area contributed by atoms with E-state index >= 15 is 0 Å². The van der Waals surface area contributed by atoms with Gasteiger partial charge >= 0.3 is 6.03 Å².